The highest BCUT2D eigenvalue weighted by atomic mass is 16.7. The van der Waals surface area contributed by atoms with Gasteiger partial charge in [0.25, 0.3) is 0 Å². The Bertz CT molecular complexity index is 636. The monoisotopic (exact) mass is 300 g/mol. The van der Waals surface area contributed by atoms with Crippen molar-refractivity contribution < 1.29 is 19.0 Å². The number of carbonyl (C=O) groups excluding carboxylic acids is 1. The Morgan fingerprint density at radius 3 is 2.05 bits per heavy atom. The quantitative estimate of drug-likeness (QED) is 0.623. The zero-order valence-corrected chi connectivity index (χ0v) is 13.3. The second-order valence-electron chi connectivity index (χ2n) is 5.06. The average Bonchev–Trinajstić information content (AvgIpc) is 2.53. The summed E-state index contributed by atoms with van der Waals surface area (Å²) >= 11 is 0. The number of rotatable bonds is 5. The van der Waals surface area contributed by atoms with Crippen molar-refractivity contribution in [2.24, 2.45) is 0 Å². The minimum absolute atomic E-state index is 0.231. The summed E-state index contributed by atoms with van der Waals surface area (Å²) in [4.78, 5) is 11.5. The number of hydrogen-bond donors (Lipinski definition) is 0. The molecule has 0 heterocycles. The normalized spacial score (nSPS) is 10.4. The Kier molecular flexibility index (Phi) is 5.17. The summed E-state index contributed by atoms with van der Waals surface area (Å²) < 4.78 is 15.2. The Morgan fingerprint density at radius 2 is 1.55 bits per heavy atom. The van der Waals surface area contributed by atoms with Crippen molar-refractivity contribution >= 4 is 5.97 Å². The molecular weight excluding hydrogens is 280 g/mol. The third kappa shape index (κ3) is 3.46. The van der Waals surface area contributed by atoms with Crippen molar-refractivity contribution in [3.8, 4) is 16.9 Å². The van der Waals surface area contributed by atoms with Crippen LogP contribution in [0.5, 0.6) is 5.75 Å². The molecule has 0 amide bonds. The molecule has 0 bridgehead atoms. The SMILES string of the molecule is COCOc1c(C)cc(-c2ccc(C(=O)OC)cc2)cc1C. The maximum atomic E-state index is 11.5. The lowest BCUT2D eigenvalue weighted by atomic mass is 9.99. The van der Waals surface area contributed by atoms with Crippen molar-refractivity contribution in [2.45, 2.75) is 13.8 Å². The zero-order valence-electron chi connectivity index (χ0n) is 13.3. The Labute approximate surface area is 130 Å². The number of methoxy groups -OCH3 is 2. The predicted molar refractivity (Wildman–Crippen MR) is 85.2 cm³/mol. The van der Waals surface area contributed by atoms with Crippen LogP contribution in [0.15, 0.2) is 36.4 Å². The fourth-order valence-corrected chi connectivity index (χ4v) is 2.38. The van der Waals surface area contributed by atoms with Gasteiger partial charge in [-0.25, -0.2) is 4.79 Å². The average molecular weight is 300 g/mol. The fourth-order valence-electron chi connectivity index (χ4n) is 2.38. The first-order chi connectivity index (χ1) is 10.6. The third-order valence-electron chi connectivity index (χ3n) is 3.42. The van der Waals surface area contributed by atoms with Crippen molar-refractivity contribution in [3.63, 3.8) is 0 Å². The van der Waals surface area contributed by atoms with Crippen LogP contribution in [0, 0.1) is 13.8 Å². The number of ether oxygens (including phenoxy) is 3. The first kappa shape index (κ1) is 16.0. The van der Waals surface area contributed by atoms with Gasteiger partial charge in [0.15, 0.2) is 6.79 Å². The Morgan fingerprint density at radius 1 is 0.955 bits per heavy atom. The van der Waals surface area contributed by atoms with Crippen LogP contribution in [0.2, 0.25) is 0 Å². The van der Waals surface area contributed by atoms with E-state index in [9.17, 15) is 4.79 Å². The molecule has 2 rings (SSSR count). The largest absolute Gasteiger partial charge is 0.467 e. The molecule has 2 aromatic carbocycles. The number of carbonyl (C=O) groups is 1. The molecule has 4 nitrogen and oxygen atoms in total. The molecule has 0 atom stereocenters. The number of benzene rings is 2. The van der Waals surface area contributed by atoms with E-state index in [2.05, 4.69) is 12.1 Å². The second-order valence-corrected chi connectivity index (χ2v) is 5.06. The summed E-state index contributed by atoms with van der Waals surface area (Å²) in [6.45, 7) is 4.24. The van der Waals surface area contributed by atoms with Crippen LogP contribution in [-0.4, -0.2) is 27.0 Å². The van der Waals surface area contributed by atoms with Crippen LogP contribution < -0.4 is 4.74 Å². The van der Waals surface area contributed by atoms with E-state index in [4.69, 9.17) is 14.2 Å². The van der Waals surface area contributed by atoms with E-state index in [1.165, 1.54) is 7.11 Å². The van der Waals surface area contributed by atoms with Gasteiger partial charge in [0, 0.05) is 7.11 Å². The number of esters is 1. The molecule has 0 unspecified atom stereocenters. The standard InChI is InChI=1S/C18H20O4/c1-12-9-16(10-13(2)17(12)22-11-20-3)14-5-7-15(8-6-14)18(19)21-4/h5-10H,11H2,1-4H3. The summed E-state index contributed by atoms with van der Waals surface area (Å²) in [5.74, 6) is 0.513. The van der Waals surface area contributed by atoms with E-state index in [1.807, 2.05) is 26.0 Å². The number of hydrogen-bond acceptors (Lipinski definition) is 4. The van der Waals surface area contributed by atoms with Crippen molar-refractivity contribution in [1.82, 2.24) is 0 Å². The van der Waals surface area contributed by atoms with Crippen LogP contribution in [0.4, 0.5) is 0 Å². The first-order valence-electron chi connectivity index (χ1n) is 6.98. The summed E-state index contributed by atoms with van der Waals surface area (Å²) in [6.07, 6.45) is 0. The molecule has 0 radical (unpaired) electrons. The van der Waals surface area contributed by atoms with E-state index in [0.29, 0.717) is 5.56 Å². The summed E-state index contributed by atoms with van der Waals surface area (Å²) in [5.41, 5.74) is 4.75. The smallest absolute Gasteiger partial charge is 0.337 e. The van der Waals surface area contributed by atoms with Crippen molar-refractivity contribution in [1.29, 1.82) is 0 Å². The van der Waals surface area contributed by atoms with Crippen molar-refractivity contribution in [2.75, 3.05) is 21.0 Å². The number of aryl methyl sites for hydroxylation is 2. The molecule has 0 spiro atoms. The lowest BCUT2D eigenvalue weighted by Gasteiger charge is -2.13. The highest BCUT2D eigenvalue weighted by Crippen LogP contribution is 2.30. The zero-order chi connectivity index (χ0) is 16.1. The van der Waals surface area contributed by atoms with Crippen LogP contribution in [0.3, 0.4) is 0 Å². The fraction of sp³-hybridized carbons (Fsp3) is 0.278. The molecule has 4 heteroatoms. The molecule has 0 saturated heterocycles. The Hall–Kier alpha value is -2.33. The van der Waals surface area contributed by atoms with Gasteiger partial charge in [0.1, 0.15) is 5.75 Å². The highest BCUT2D eigenvalue weighted by molar-refractivity contribution is 5.90. The molecule has 0 N–H and O–H groups in total. The highest BCUT2D eigenvalue weighted by Gasteiger charge is 2.09. The van der Waals surface area contributed by atoms with Gasteiger partial charge in [0.05, 0.1) is 12.7 Å². The van der Waals surface area contributed by atoms with E-state index >= 15 is 0 Å². The minimum Gasteiger partial charge on any atom is -0.467 e. The van der Waals surface area contributed by atoms with Gasteiger partial charge in [-0.2, -0.15) is 0 Å². The first-order valence-corrected chi connectivity index (χ1v) is 6.98. The van der Waals surface area contributed by atoms with Gasteiger partial charge in [0.2, 0.25) is 0 Å². The van der Waals surface area contributed by atoms with Gasteiger partial charge in [-0.15, -0.1) is 0 Å². The van der Waals surface area contributed by atoms with Crippen molar-refractivity contribution in [3.05, 3.63) is 53.1 Å². The van der Waals surface area contributed by atoms with Gasteiger partial charge in [-0.3, -0.25) is 0 Å². The van der Waals surface area contributed by atoms with Crippen LogP contribution in [-0.2, 0) is 9.47 Å². The maximum Gasteiger partial charge on any atom is 0.337 e. The van der Waals surface area contributed by atoms with E-state index in [0.717, 1.165) is 28.0 Å². The molecule has 0 fully saturated rings. The lowest BCUT2D eigenvalue weighted by molar-refractivity contribution is 0.0501. The molecular formula is C18H20O4. The maximum absolute atomic E-state index is 11.5. The lowest BCUT2D eigenvalue weighted by Crippen LogP contribution is -2.02. The van der Waals surface area contributed by atoms with Crippen LogP contribution in [0.25, 0.3) is 11.1 Å². The van der Waals surface area contributed by atoms with E-state index in [1.54, 1.807) is 19.2 Å². The summed E-state index contributed by atoms with van der Waals surface area (Å²) in [7, 11) is 2.98. The molecule has 2 aromatic rings. The minimum atomic E-state index is -0.331. The third-order valence-corrected chi connectivity index (χ3v) is 3.42. The van der Waals surface area contributed by atoms with E-state index in [-0.39, 0.29) is 12.8 Å². The van der Waals surface area contributed by atoms with Gasteiger partial charge < -0.3 is 14.2 Å². The molecule has 0 aliphatic rings. The van der Waals surface area contributed by atoms with Crippen LogP contribution in [0.1, 0.15) is 21.5 Å². The predicted octanol–water partition coefficient (Wildman–Crippen LogP) is 3.74. The Balaban J connectivity index is 2.31. The summed E-state index contributed by atoms with van der Waals surface area (Å²) in [6, 6.07) is 11.5. The summed E-state index contributed by atoms with van der Waals surface area (Å²) in [5, 5.41) is 0. The molecule has 0 aliphatic carbocycles. The second kappa shape index (κ2) is 7.09. The molecule has 0 aliphatic heterocycles. The van der Waals surface area contributed by atoms with Gasteiger partial charge in [-0.05, 0) is 60.4 Å². The van der Waals surface area contributed by atoms with Gasteiger partial charge >= 0.3 is 5.97 Å². The van der Waals surface area contributed by atoms with Crippen LogP contribution >= 0.6 is 0 Å². The van der Waals surface area contributed by atoms with E-state index < -0.39 is 0 Å². The molecule has 0 saturated carbocycles. The molecule has 22 heavy (non-hydrogen) atoms. The van der Waals surface area contributed by atoms with Gasteiger partial charge in [-0.1, -0.05) is 12.1 Å². The molecule has 0 aromatic heterocycles. The topological polar surface area (TPSA) is 44.8 Å². The molecule has 116 valence electrons.